The fourth-order valence-electron chi connectivity index (χ4n) is 2.32. The van der Waals surface area contributed by atoms with Crippen LogP contribution in [0.2, 0.25) is 0 Å². The van der Waals surface area contributed by atoms with Gasteiger partial charge in [-0.1, -0.05) is 13.8 Å². The largest absolute Gasteiger partial charge is 0.378 e. The predicted octanol–water partition coefficient (Wildman–Crippen LogP) is 1.82. The fourth-order valence-corrected chi connectivity index (χ4v) is 4.13. The number of hydrogen-bond donors (Lipinski definition) is 1. The number of benzene rings is 1. The number of nitrogens with one attached hydrogen (secondary N) is 1. The minimum absolute atomic E-state index is 0.123. The summed E-state index contributed by atoms with van der Waals surface area (Å²) in [7, 11) is -3.62. The van der Waals surface area contributed by atoms with Gasteiger partial charge in [-0.2, -0.15) is 0 Å². The summed E-state index contributed by atoms with van der Waals surface area (Å²) in [4.78, 5) is 15.4. The number of carbonyl (C=O) groups excluding carboxylic acids is 1. The zero-order valence-corrected chi connectivity index (χ0v) is 15.9. The molecule has 1 amide bonds. The van der Waals surface area contributed by atoms with E-state index < -0.39 is 10.0 Å². The molecule has 1 N–H and O–H groups in total. The van der Waals surface area contributed by atoms with Crippen LogP contribution in [0.5, 0.6) is 0 Å². The Balaban J connectivity index is 2.31. The Labute approximate surface area is 148 Å². The molecule has 1 saturated heterocycles. The number of rotatable bonds is 6. The molecule has 6 nitrogen and oxygen atoms in total. The first kappa shape index (κ1) is 19.2. The smallest absolute Gasteiger partial charge is 0.255 e. The van der Waals surface area contributed by atoms with E-state index in [1.807, 2.05) is 20.1 Å². The molecule has 1 fully saturated rings. The van der Waals surface area contributed by atoms with Gasteiger partial charge in [0, 0.05) is 24.5 Å². The van der Waals surface area contributed by atoms with E-state index in [-0.39, 0.29) is 16.7 Å². The van der Waals surface area contributed by atoms with Gasteiger partial charge in [-0.15, -0.1) is 11.8 Å². The maximum absolute atomic E-state index is 12.8. The third kappa shape index (κ3) is 4.72. The van der Waals surface area contributed by atoms with Crippen LogP contribution in [0.15, 0.2) is 28.0 Å². The lowest BCUT2D eigenvalue weighted by Gasteiger charge is -2.27. The lowest BCUT2D eigenvalue weighted by molar-refractivity contribution is 0.0300. The summed E-state index contributed by atoms with van der Waals surface area (Å²) >= 11 is 1.43. The topological polar surface area (TPSA) is 75.7 Å². The molecule has 0 saturated carbocycles. The van der Waals surface area contributed by atoms with Crippen molar-refractivity contribution in [1.82, 2.24) is 9.62 Å². The maximum Gasteiger partial charge on any atom is 0.255 e. The minimum atomic E-state index is -3.62. The van der Waals surface area contributed by atoms with Gasteiger partial charge in [0.2, 0.25) is 10.0 Å². The molecule has 0 aliphatic carbocycles. The lowest BCUT2D eigenvalue weighted by Crippen LogP contribution is -2.41. The highest BCUT2D eigenvalue weighted by Gasteiger charge is 2.24. The number of hydrogen-bond acceptors (Lipinski definition) is 5. The second kappa shape index (κ2) is 8.33. The first-order chi connectivity index (χ1) is 11.3. The van der Waals surface area contributed by atoms with E-state index in [9.17, 15) is 13.2 Å². The van der Waals surface area contributed by atoms with Crippen LogP contribution in [0.25, 0.3) is 0 Å². The van der Waals surface area contributed by atoms with E-state index in [2.05, 4.69) is 4.72 Å². The van der Waals surface area contributed by atoms with Crippen molar-refractivity contribution in [3.05, 3.63) is 23.8 Å². The molecule has 2 rings (SSSR count). The summed E-state index contributed by atoms with van der Waals surface area (Å²) < 4.78 is 32.7. The highest BCUT2D eigenvalue weighted by molar-refractivity contribution is 7.98. The Kier molecular flexibility index (Phi) is 6.68. The van der Waals surface area contributed by atoms with Crippen molar-refractivity contribution in [2.45, 2.75) is 23.6 Å². The van der Waals surface area contributed by atoms with Gasteiger partial charge in [-0.3, -0.25) is 4.79 Å². The van der Waals surface area contributed by atoms with Crippen molar-refractivity contribution in [2.24, 2.45) is 5.92 Å². The van der Waals surface area contributed by atoms with Gasteiger partial charge in [-0.05, 0) is 30.4 Å². The Hall–Kier alpha value is -1.09. The van der Waals surface area contributed by atoms with Crippen molar-refractivity contribution in [2.75, 3.05) is 39.1 Å². The average molecular weight is 373 g/mol. The molecule has 8 heteroatoms. The quantitative estimate of drug-likeness (QED) is 0.771. The normalized spacial score (nSPS) is 15.8. The summed E-state index contributed by atoms with van der Waals surface area (Å²) in [5.41, 5.74) is 0.428. The van der Waals surface area contributed by atoms with Crippen LogP contribution in [-0.4, -0.2) is 58.3 Å². The maximum atomic E-state index is 12.8. The molecular weight excluding hydrogens is 348 g/mol. The fraction of sp³-hybridized carbons (Fsp3) is 0.562. The highest BCUT2D eigenvalue weighted by atomic mass is 32.2. The van der Waals surface area contributed by atoms with E-state index in [0.29, 0.717) is 38.4 Å². The van der Waals surface area contributed by atoms with E-state index in [4.69, 9.17) is 4.74 Å². The molecular formula is C16H24N2O4S2. The van der Waals surface area contributed by atoms with Crippen molar-refractivity contribution < 1.29 is 17.9 Å². The van der Waals surface area contributed by atoms with Gasteiger partial charge in [0.25, 0.3) is 5.91 Å². The van der Waals surface area contributed by atoms with Crippen molar-refractivity contribution in [3.8, 4) is 0 Å². The van der Waals surface area contributed by atoms with Crippen molar-refractivity contribution in [1.29, 1.82) is 0 Å². The molecule has 0 atom stereocenters. The van der Waals surface area contributed by atoms with Gasteiger partial charge in [0.05, 0.1) is 23.7 Å². The number of ether oxygens (including phenoxy) is 1. The molecule has 1 aromatic carbocycles. The molecule has 0 radical (unpaired) electrons. The molecule has 134 valence electrons. The number of thioether (sulfide) groups is 1. The number of carbonyl (C=O) groups is 1. The number of sulfonamides is 1. The second-order valence-electron chi connectivity index (χ2n) is 6.01. The van der Waals surface area contributed by atoms with Crippen LogP contribution in [0.4, 0.5) is 0 Å². The Morgan fingerprint density at radius 1 is 1.33 bits per heavy atom. The zero-order chi connectivity index (χ0) is 17.7. The number of amides is 1. The van der Waals surface area contributed by atoms with E-state index in [0.717, 1.165) is 4.90 Å². The first-order valence-corrected chi connectivity index (χ1v) is 10.6. The molecule has 1 aliphatic rings. The van der Waals surface area contributed by atoms with E-state index >= 15 is 0 Å². The Morgan fingerprint density at radius 2 is 2.00 bits per heavy atom. The third-order valence-corrected chi connectivity index (χ3v) is 5.91. The van der Waals surface area contributed by atoms with E-state index in [1.54, 1.807) is 17.0 Å². The van der Waals surface area contributed by atoms with Crippen LogP contribution >= 0.6 is 11.8 Å². The molecule has 1 heterocycles. The third-order valence-electron chi connectivity index (χ3n) is 3.69. The summed E-state index contributed by atoms with van der Waals surface area (Å²) in [6.45, 7) is 6.30. The number of morpholine rings is 1. The standard InChI is InChI=1S/C16H24N2O4S2/c1-12(2)11-17-24(20,21)13-4-5-15(23-3)14(10-13)16(19)18-6-8-22-9-7-18/h4-5,10,12,17H,6-9,11H2,1-3H3. The summed E-state index contributed by atoms with van der Waals surface area (Å²) in [5, 5.41) is 0. The molecule has 0 spiro atoms. The summed E-state index contributed by atoms with van der Waals surface area (Å²) in [5.74, 6) is 0.0586. The van der Waals surface area contributed by atoms with Crippen molar-refractivity contribution in [3.63, 3.8) is 0 Å². The summed E-state index contributed by atoms with van der Waals surface area (Å²) in [6.07, 6.45) is 1.87. The predicted molar refractivity (Wildman–Crippen MR) is 95.0 cm³/mol. The van der Waals surface area contributed by atoms with Gasteiger partial charge in [0.1, 0.15) is 0 Å². The zero-order valence-electron chi connectivity index (χ0n) is 14.2. The molecule has 1 aromatic rings. The molecule has 0 unspecified atom stereocenters. The molecule has 0 bridgehead atoms. The van der Waals surface area contributed by atoms with Gasteiger partial charge in [-0.25, -0.2) is 13.1 Å². The van der Waals surface area contributed by atoms with Crippen LogP contribution in [0, 0.1) is 5.92 Å². The second-order valence-corrected chi connectivity index (χ2v) is 8.63. The molecule has 1 aliphatic heterocycles. The SMILES string of the molecule is CSc1ccc(S(=O)(=O)NCC(C)C)cc1C(=O)N1CCOCC1. The minimum Gasteiger partial charge on any atom is -0.378 e. The van der Waals surface area contributed by atoms with Crippen molar-refractivity contribution >= 4 is 27.7 Å². The van der Waals surface area contributed by atoms with Gasteiger partial charge < -0.3 is 9.64 Å². The van der Waals surface area contributed by atoms with Crippen LogP contribution in [0.3, 0.4) is 0 Å². The van der Waals surface area contributed by atoms with E-state index in [1.165, 1.54) is 17.8 Å². The van der Waals surface area contributed by atoms with Crippen LogP contribution < -0.4 is 4.72 Å². The van der Waals surface area contributed by atoms with Gasteiger partial charge >= 0.3 is 0 Å². The van der Waals surface area contributed by atoms with Gasteiger partial charge in [0.15, 0.2) is 0 Å². The molecule has 0 aromatic heterocycles. The molecule has 24 heavy (non-hydrogen) atoms. The van der Waals surface area contributed by atoms with Crippen LogP contribution in [-0.2, 0) is 14.8 Å². The lowest BCUT2D eigenvalue weighted by atomic mass is 10.2. The highest BCUT2D eigenvalue weighted by Crippen LogP contribution is 2.25. The van der Waals surface area contributed by atoms with Crippen LogP contribution in [0.1, 0.15) is 24.2 Å². The first-order valence-electron chi connectivity index (χ1n) is 7.90. The summed E-state index contributed by atoms with van der Waals surface area (Å²) in [6, 6.07) is 4.72. The average Bonchev–Trinajstić information content (AvgIpc) is 2.59. The Morgan fingerprint density at radius 3 is 2.58 bits per heavy atom. The number of nitrogens with zero attached hydrogens (tertiary/aromatic N) is 1. The monoisotopic (exact) mass is 372 g/mol. The Bertz CT molecular complexity index is 683.